The Morgan fingerprint density at radius 3 is 1.28 bits per heavy atom. The predicted octanol–water partition coefficient (Wildman–Crippen LogP) is 12.0. The van der Waals surface area contributed by atoms with Crippen LogP contribution in [-0.4, -0.2) is 35.7 Å². The molecule has 2 unspecified atom stereocenters. The Kier molecular flexibility index (Phi) is 10.4. The Morgan fingerprint density at radius 1 is 0.313 bits per heavy atom. The third kappa shape index (κ3) is 7.46. The van der Waals surface area contributed by atoms with Gasteiger partial charge in [0.15, 0.2) is 27.8 Å². The Balaban J connectivity index is 0.966. The average Bonchev–Trinajstić information content (AvgIpc) is 0.809. The maximum atomic E-state index is 9.93. The molecule has 0 fully saturated rings. The van der Waals surface area contributed by atoms with Crippen LogP contribution >= 0.6 is 0 Å². The third-order valence-corrected chi connectivity index (χ3v) is 27.1. The van der Waals surface area contributed by atoms with E-state index in [1.54, 1.807) is 0 Å². The molecule has 2 atom stereocenters. The van der Waals surface area contributed by atoms with Crippen molar-refractivity contribution in [1.29, 1.82) is 0 Å². The number of hydrogen-bond donors (Lipinski definition) is 0. The highest BCUT2D eigenvalue weighted by atomic mass is 28.3. The highest BCUT2D eigenvalue weighted by molar-refractivity contribution is 7.20. The highest BCUT2D eigenvalue weighted by Gasteiger charge is 2.50. The van der Waals surface area contributed by atoms with Gasteiger partial charge in [-0.25, -0.2) is 4.98 Å². The van der Waals surface area contributed by atoms with Gasteiger partial charge in [0.2, 0.25) is 5.95 Å². The predicted molar refractivity (Wildman–Crippen MR) is 347 cm³/mol. The summed E-state index contributed by atoms with van der Waals surface area (Å²) in [5.41, 5.74) is 10.4. The lowest BCUT2D eigenvalue weighted by atomic mass is 9.60. The second kappa shape index (κ2) is 19.9. The van der Waals surface area contributed by atoms with Gasteiger partial charge in [-0.3, -0.25) is 4.57 Å². The van der Waals surface area contributed by atoms with Crippen molar-refractivity contribution in [3.63, 3.8) is 0 Å². The van der Waals surface area contributed by atoms with Crippen molar-refractivity contribution in [1.82, 2.24) is 19.5 Å². The molecule has 3 aliphatic carbocycles. The summed E-state index contributed by atoms with van der Waals surface area (Å²) < 4.78 is 49.5. The smallest absolute Gasteiger partial charge is 0.238 e. The van der Waals surface area contributed by atoms with E-state index in [2.05, 4.69) is 253 Å². The van der Waals surface area contributed by atoms with Crippen molar-refractivity contribution in [3.05, 3.63) is 349 Å². The van der Waals surface area contributed by atoms with Gasteiger partial charge in [0.05, 0.1) is 17.9 Å². The molecule has 2 aromatic heterocycles. The first kappa shape index (κ1) is 43.7. The monoisotopic (exact) mass is 1100 g/mol. The maximum absolute atomic E-state index is 9.93. The molecular weight excluding hydrogens is 1040 g/mol. The van der Waals surface area contributed by atoms with Crippen LogP contribution in [-0.2, 0) is 0 Å². The van der Waals surface area contributed by atoms with E-state index in [0.29, 0.717) is 22.8 Å². The summed E-state index contributed by atoms with van der Waals surface area (Å²) in [4.78, 5) is 16.8. The topological polar surface area (TPSA) is 43.6 Å². The number of fused-ring (bicyclic) bond motifs is 3. The first-order chi connectivity index (χ1) is 43.3. The number of nitrogens with zero attached hydrogens (tertiary/aromatic N) is 4. The molecule has 0 radical (unpaired) electrons. The molecule has 83 heavy (non-hydrogen) atoms. The number of para-hydroxylation sites is 2. The van der Waals surface area contributed by atoms with Crippen molar-refractivity contribution < 1.29 is 6.85 Å². The Bertz CT molecular complexity index is 4830. The normalized spacial score (nSPS) is 15.1. The van der Waals surface area contributed by atoms with E-state index in [1.807, 2.05) is 36.4 Å². The Labute approximate surface area is 492 Å². The molecule has 14 aromatic rings. The van der Waals surface area contributed by atoms with Gasteiger partial charge in [-0.1, -0.05) is 303 Å². The molecule has 2 bridgehead atoms. The zero-order valence-corrected chi connectivity index (χ0v) is 47.1. The average molecular weight is 1100 g/mol. The summed E-state index contributed by atoms with van der Waals surface area (Å²) in [6.07, 6.45) is 0. The van der Waals surface area contributed by atoms with Gasteiger partial charge in [-0.15, -0.1) is 0 Å². The minimum absolute atomic E-state index is 0.193. The quantitative estimate of drug-likeness (QED) is 0.0958. The van der Waals surface area contributed by atoms with E-state index < -0.39 is 28.1 Å². The minimum atomic E-state index is -3.91. The summed E-state index contributed by atoms with van der Waals surface area (Å²) in [7, 11) is -6.79. The van der Waals surface area contributed by atoms with Crippen LogP contribution in [0.5, 0.6) is 0 Å². The Morgan fingerprint density at radius 2 is 0.735 bits per heavy atom. The summed E-state index contributed by atoms with van der Waals surface area (Å²) in [5.74, 6) is 0.919. The molecule has 0 spiro atoms. The largest absolute Gasteiger partial charge is 0.278 e. The minimum Gasteiger partial charge on any atom is -0.278 e. The van der Waals surface area contributed by atoms with Crippen LogP contribution in [0, 0.1) is 0 Å². The van der Waals surface area contributed by atoms with E-state index in [4.69, 9.17) is 16.3 Å². The second-order valence-corrected chi connectivity index (χ2v) is 29.2. The van der Waals surface area contributed by atoms with Crippen molar-refractivity contribution in [2.24, 2.45) is 0 Å². The van der Waals surface area contributed by atoms with Gasteiger partial charge in [-0.2, -0.15) is 9.97 Å². The van der Waals surface area contributed by atoms with Gasteiger partial charge in [0.1, 0.15) is 0 Å². The summed E-state index contributed by atoms with van der Waals surface area (Å²) >= 11 is 0. The molecule has 0 amide bonds. The molecule has 2 heterocycles. The fourth-order valence-electron chi connectivity index (χ4n) is 14.3. The van der Waals surface area contributed by atoms with Gasteiger partial charge in [0.25, 0.3) is 0 Å². The number of hydrogen-bond acceptors (Lipinski definition) is 3. The molecule has 0 saturated heterocycles. The number of aromatic nitrogens is 4. The molecular formula is C77H54N4Si2. The summed E-state index contributed by atoms with van der Waals surface area (Å²) in [6, 6.07) is 99.5. The molecule has 4 nitrogen and oxygen atoms in total. The van der Waals surface area contributed by atoms with Gasteiger partial charge < -0.3 is 0 Å². The summed E-state index contributed by atoms with van der Waals surface area (Å²) in [6.45, 7) is 0. The SMILES string of the molecule is [2H]c1c([2H])c([2H])c([Si](c2ccccc2)(c2ccccc2)c2cccc3c2C2c4ccccc4C3c3cccc(-c4nc(-c5ccc([Si](c6ccccc6)(c6ccccc6)c6ccccc6)cc5)nc(-n5c6ccccc6c6ccccc65)n4)c32)c([2H])c1[2H]. The zero-order chi connectivity index (χ0) is 59.3. The van der Waals surface area contributed by atoms with E-state index in [9.17, 15) is 5.48 Å². The van der Waals surface area contributed by atoms with Crippen LogP contribution in [0.1, 0.15) is 52.1 Å². The number of benzene rings is 12. The van der Waals surface area contributed by atoms with Crippen LogP contribution in [0.15, 0.2) is 315 Å². The third-order valence-electron chi connectivity index (χ3n) is 17.6. The van der Waals surface area contributed by atoms with Crippen molar-refractivity contribution in [2.75, 3.05) is 0 Å². The van der Waals surface area contributed by atoms with Crippen LogP contribution in [0.25, 0.3) is 50.5 Å². The number of rotatable bonds is 11. The van der Waals surface area contributed by atoms with Gasteiger partial charge in [0, 0.05) is 33.7 Å². The Hall–Kier alpha value is -10.1. The molecule has 6 heteroatoms. The standard InChI is InChI=1S/C77H54N4Si2/c1-7-27-54(28-8-1)82(55-29-9-2-10-30-55,56-31-11-3-12-32-56)60-51-49-53(50-52-60)75-78-76(80-77(79-75)81-68-46-23-21-39-61(68)62-40-22-24-47-69(62)81)67-45-25-43-65-71-63-41-19-20-42-64(63)74(72(65)67)73-66(71)44-26-48-70(73)83(57-33-13-4-14-34-57,58-35-15-5-16-36-58)59-37-17-6-18-38-59/h1-52,71,74H/i4D,13D,14D,33D,34D. The molecule has 0 aliphatic heterocycles. The van der Waals surface area contributed by atoms with Crippen LogP contribution < -0.4 is 41.5 Å². The van der Waals surface area contributed by atoms with E-state index in [-0.39, 0.29) is 30.1 Å². The van der Waals surface area contributed by atoms with Gasteiger partial charge >= 0.3 is 0 Å². The summed E-state index contributed by atoms with van der Waals surface area (Å²) in [5, 5.41) is 10.4. The lowest BCUT2D eigenvalue weighted by Gasteiger charge is -2.46. The van der Waals surface area contributed by atoms with Crippen molar-refractivity contribution in [2.45, 2.75) is 11.8 Å². The highest BCUT2D eigenvalue weighted by Crippen LogP contribution is 2.57. The van der Waals surface area contributed by atoms with E-state index >= 15 is 0 Å². The molecule has 17 rings (SSSR count). The first-order valence-corrected chi connectivity index (χ1v) is 32.3. The lowest BCUT2D eigenvalue weighted by molar-refractivity contribution is 0.758. The maximum Gasteiger partial charge on any atom is 0.238 e. The molecule has 3 aliphatic rings. The first-order valence-electron chi connectivity index (χ1n) is 30.8. The molecule has 0 N–H and O–H groups in total. The fraction of sp³-hybridized carbons (Fsp3) is 0.0260. The second-order valence-electron chi connectivity index (χ2n) is 21.7. The van der Waals surface area contributed by atoms with E-state index in [0.717, 1.165) is 76.3 Å². The molecule has 12 aromatic carbocycles. The van der Waals surface area contributed by atoms with Crippen LogP contribution in [0.3, 0.4) is 0 Å². The van der Waals surface area contributed by atoms with Crippen LogP contribution in [0.2, 0.25) is 0 Å². The van der Waals surface area contributed by atoms with E-state index in [1.165, 1.54) is 26.3 Å². The van der Waals surface area contributed by atoms with Crippen LogP contribution in [0.4, 0.5) is 0 Å². The zero-order valence-electron chi connectivity index (χ0n) is 50.1. The lowest BCUT2D eigenvalue weighted by Crippen LogP contribution is -2.75. The molecule has 390 valence electrons. The van der Waals surface area contributed by atoms with Crippen molar-refractivity contribution >= 4 is 79.4 Å². The fourth-order valence-corrected chi connectivity index (χ4v) is 23.8. The van der Waals surface area contributed by atoms with Crippen molar-refractivity contribution in [3.8, 4) is 28.7 Å². The molecule has 0 saturated carbocycles. The van der Waals surface area contributed by atoms with Gasteiger partial charge in [-0.05, 0) is 87.0 Å².